The molecule has 2 rings (SSSR count). The summed E-state index contributed by atoms with van der Waals surface area (Å²) in [5.74, 6) is 1.86. The third-order valence-corrected chi connectivity index (χ3v) is 4.19. The van der Waals surface area contributed by atoms with Gasteiger partial charge in [-0.05, 0) is 37.6 Å². The predicted molar refractivity (Wildman–Crippen MR) is 66.4 cm³/mol. The monoisotopic (exact) mass is 240 g/mol. The van der Waals surface area contributed by atoms with Gasteiger partial charge in [-0.1, -0.05) is 12.8 Å². The van der Waals surface area contributed by atoms with Crippen LogP contribution in [0.5, 0.6) is 0 Å². The molecule has 0 bridgehead atoms. The molecule has 0 spiro atoms. The Hall–Kier alpha value is -0.610. The number of hydrogen-bond acceptors (Lipinski definition) is 3. The van der Waals surface area contributed by atoms with E-state index in [0.29, 0.717) is 25.0 Å². The molecular formula is C13H24N2O2. The van der Waals surface area contributed by atoms with Crippen molar-refractivity contribution in [3.8, 4) is 0 Å². The second kappa shape index (κ2) is 5.83. The highest BCUT2D eigenvalue weighted by Gasteiger charge is 2.54. The Labute approximate surface area is 103 Å². The molecule has 4 heteroatoms. The molecule has 0 aliphatic heterocycles. The van der Waals surface area contributed by atoms with Crippen LogP contribution in [0.2, 0.25) is 0 Å². The highest BCUT2D eigenvalue weighted by atomic mass is 16.5. The second-order valence-electron chi connectivity index (χ2n) is 5.38. The standard InChI is InChI=1S/C13H24N2O2/c1-17-8-9(6-7-14)15-13(16)12-10-4-2-3-5-11(10)12/h9-12H,2-8,14H2,1H3,(H,15,16). The lowest BCUT2D eigenvalue weighted by Crippen LogP contribution is -2.40. The van der Waals surface area contributed by atoms with E-state index in [4.69, 9.17) is 10.5 Å². The van der Waals surface area contributed by atoms with Gasteiger partial charge in [-0.3, -0.25) is 4.79 Å². The van der Waals surface area contributed by atoms with Crippen LogP contribution in [0.15, 0.2) is 0 Å². The van der Waals surface area contributed by atoms with Gasteiger partial charge in [0.15, 0.2) is 0 Å². The summed E-state index contributed by atoms with van der Waals surface area (Å²) in [7, 11) is 1.66. The van der Waals surface area contributed by atoms with Gasteiger partial charge in [-0.15, -0.1) is 0 Å². The van der Waals surface area contributed by atoms with Gasteiger partial charge >= 0.3 is 0 Å². The van der Waals surface area contributed by atoms with Gasteiger partial charge in [0, 0.05) is 13.0 Å². The molecule has 0 aromatic heterocycles. The van der Waals surface area contributed by atoms with Crippen LogP contribution in [0.1, 0.15) is 32.1 Å². The molecule has 0 aromatic rings. The van der Waals surface area contributed by atoms with Crippen molar-refractivity contribution in [2.75, 3.05) is 20.3 Å². The van der Waals surface area contributed by atoms with E-state index >= 15 is 0 Å². The smallest absolute Gasteiger partial charge is 0.223 e. The first-order chi connectivity index (χ1) is 8.27. The Kier molecular flexibility index (Phi) is 4.40. The van der Waals surface area contributed by atoms with E-state index in [1.54, 1.807) is 7.11 Å². The molecule has 0 aromatic carbocycles. The summed E-state index contributed by atoms with van der Waals surface area (Å²) in [5, 5.41) is 3.09. The minimum atomic E-state index is 0.0835. The predicted octanol–water partition coefficient (Wildman–Crippen LogP) is 0.903. The van der Waals surface area contributed by atoms with Crippen LogP contribution >= 0.6 is 0 Å². The highest BCUT2D eigenvalue weighted by molar-refractivity contribution is 5.82. The van der Waals surface area contributed by atoms with Crippen LogP contribution < -0.4 is 11.1 Å². The zero-order valence-electron chi connectivity index (χ0n) is 10.7. The number of nitrogens with one attached hydrogen (secondary N) is 1. The molecule has 2 aliphatic rings. The first-order valence-corrected chi connectivity index (χ1v) is 6.77. The molecule has 0 heterocycles. The molecule has 2 saturated carbocycles. The molecule has 0 radical (unpaired) electrons. The first-order valence-electron chi connectivity index (χ1n) is 6.77. The molecule has 0 saturated heterocycles. The molecule has 3 unspecified atom stereocenters. The van der Waals surface area contributed by atoms with E-state index in [0.717, 1.165) is 6.42 Å². The van der Waals surface area contributed by atoms with Crippen molar-refractivity contribution in [1.29, 1.82) is 0 Å². The summed E-state index contributed by atoms with van der Waals surface area (Å²) in [4.78, 5) is 12.1. The Morgan fingerprint density at radius 2 is 2.06 bits per heavy atom. The van der Waals surface area contributed by atoms with E-state index in [9.17, 15) is 4.79 Å². The number of hydrogen-bond donors (Lipinski definition) is 2. The van der Waals surface area contributed by atoms with Gasteiger partial charge in [0.1, 0.15) is 0 Å². The molecule has 3 atom stereocenters. The molecule has 4 nitrogen and oxygen atoms in total. The maximum Gasteiger partial charge on any atom is 0.223 e. The third kappa shape index (κ3) is 2.99. The van der Waals surface area contributed by atoms with Crippen LogP contribution in [0.3, 0.4) is 0 Å². The van der Waals surface area contributed by atoms with Gasteiger partial charge in [-0.25, -0.2) is 0 Å². The van der Waals surface area contributed by atoms with Crippen LogP contribution in [0.25, 0.3) is 0 Å². The number of ether oxygens (including phenoxy) is 1. The molecule has 2 fully saturated rings. The van der Waals surface area contributed by atoms with Crippen molar-refractivity contribution in [2.45, 2.75) is 38.1 Å². The topological polar surface area (TPSA) is 64.3 Å². The number of rotatable bonds is 6. The zero-order chi connectivity index (χ0) is 12.3. The minimum Gasteiger partial charge on any atom is -0.383 e. The summed E-state index contributed by atoms with van der Waals surface area (Å²) < 4.78 is 5.11. The van der Waals surface area contributed by atoms with E-state index in [-0.39, 0.29) is 17.9 Å². The van der Waals surface area contributed by atoms with Crippen LogP contribution in [-0.2, 0) is 9.53 Å². The van der Waals surface area contributed by atoms with Gasteiger partial charge in [0.2, 0.25) is 5.91 Å². The quantitative estimate of drug-likeness (QED) is 0.725. The van der Waals surface area contributed by atoms with E-state index < -0.39 is 0 Å². The number of carbonyl (C=O) groups is 1. The maximum atomic E-state index is 12.1. The zero-order valence-corrected chi connectivity index (χ0v) is 10.7. The lowest BCUT2D eigenvalue weighted by atomic mass is 10.0. The van der Waals surface area contributed by atoms with Crippen molar-refractivity contribution in [1.82, 2.24) is 5.32 Å². The van der Waals surface area contributed by atoms with Crippen molar-refractivity contribution < 1.29 is 9.53 Å². The number of amides is 1. The van der Waals surface area contributed by atoms with Crippen molar-refractivity contribution in [2.24, 2.45) is 23.5 Å². The summed E-state index contributed by atoms with van der Waals surface area (Å²) >= 11 is 0. The van der Waals surface area contributed by atoms with Gasteiger partial charge in [0.05, 0.1) is 12.6 Å². The lowest BCUT2D eigenvalue weighted by Gasteiger charge is -2.17. The average molecular weight is 240 g/mol. The Balaban J connectivity index is 1.79. The number of carbonyl (C=O) groups excluding carboxylic acids is 1. The van der Waals surface area contributed by atoms with Gasteiger partial charge < -0.3 is 15.8 Å². The molecule has 1 amide bonds. The fraction of sp³-hybridized carbons (Fsp3) is 0.923. The average Bonchev–Trinajstić information content (AvgIpc) is 3.03. The number of methoxy groups -OCH3 is 1. The molecule has 2 aliphatic carbocycles. The van der Waals surface area contributed by atoms with E-state index in [2.05, 4.69) is 5.32 Å². The van der Waals surface area contributed by atoms with E-state index in [1.807, 2.05) is 0 Å². The Morgan fingerprint density at radius 3 is 2.59 bits per heavy atom. The minimum absolute atomic E-state index is 0.0835. The van der Waals surface area contributed by atoms with Crippen LogP contribution in [0.4, 0.5) is 0 Å². The van der Waals surface area contributed by atoms with Crippen LogP contribution in [-0.4, -0.2) is 32.2 Å². The second-order valence-corrected chi connectivity index (χ2v) is 5.38. The van der Waals surface area contributed by atoms with Gasteiger partial charge in [-0.2, -0.15) is 0 Å². The van der Waals surface area contributed by atoms with Gasteiger partial charge in [0.25, 0.3) is 0 Å². The molecule has 98 valence electrons. The SMILES string of the molecule is COCC(CCN)NC(=O)C1C2CCCCC21. The summed E-state index contributed by atoms with van der Waals surface area (Å²) in [6, 6.07) is 0.0835. The Bertz CT molecular complexity index is 252. The lowest BCUT2D eigenvalue weighted by molar-refractivity contribution is -0.124. The number of nitrogens with two attached hydrogens (primary N) is 1. The molecule has 17 heavy (non-hydrogen) atoms. The third-order valence-electron chi connectivity index (χ3n) is 4.19. The van der Waals surface area contributed by atoms with E-state index in [1.165, 1.54) is 25.7 Å². The number of fused-ring (bicyclic) bond motifs is 1. The summed E-state index contributed by atoms with van der Waals surface area (Å²) in [6.07, 6.45) is 5.88. The summed E-state index contributed by atoms with van der Waals surface area (Å²) in [6.45, 7) is 1.15. The fourth-order valence-corrected chi connectivity index (χ4v) is 3.28. The highest BCUT2D eigenvalue weighted by Crippen LogP contribution is 2.55. The summed E-state index contributed by atoms with van der Waals surface area (Å²) in [5.41, 5.74) is 5.54. The van der Waals surface area contributed by atoms with Crippen molar-refractivity contribution in [3.05, 3.63) is 0 Å². The largest absolute Gasteiger partial charge is 0.383 e. The van der Waals surface area contributed by atoms with Crippen LogP contribution in [0, 0.1) is 17.8 Å². The van der Waals surface area contributed by atoms with Crippen molar-refractivity contribution in [3.63, 3.8) is 0 Å². The molecule has 3 N–H and O–H groups in total. The normalized spacial score (nSPS) is 32.7. The Morgan fingerprint density at radius 1 is 1.41 bits per heavy atom. The maximum absolute atomic E-state index is 12.1. The molecular weight excluding hydrogens is 216 g/mol. The first kappa shape index (κ1) is 12.8. The fourth-order valence-electron chi connectivity index (χ4n) is 3.28. The van der Waals surface area contributed by atoms with Crippen molar-refractivity contribution >= 4 is 5.91 Å².